The predicted molar refractivity (Wildman–Crippen MR) is 106 cm³/mol. The third-order valence-electron chi connectivity index (χ3n) is 9.59. The zero-order chi connectivity index (χ0) is 18.2. The van der Waals surface area contributed by atoms with Crippen LogP contribution in [0.1, 0.15) is 77.6 Å². The van der Waals surface area contributed by atoms with Gasteiger partial charge in [-0.25, -0.2) is 0 Å². The lowest BCUT2D eigenvalue weighted by atomic mass is 9.47. The summed E-state index contributed by atoms with van der Waals surface area (Å²) in [7, 11) is 0. The Morgan fingerprint density at radius 2 is 2.08 bits per heavy atom. The molecule has 140 valence electrons. The van der Waals surface area contributed by atoms with Gasteiger partial charge in [-0.05, 0) is 94.3 Å². The van der Waals surface area contributed by atoms with Crippen molar-refractivity contribution in [2.24, 2.45) is 34.5 Å². The van der Waals surface area contributed by atoms with Crippen LogP contribution in [0.2, 0.25) is 0 Å². The van der Waals surface area contributed by atoms with Crippen molar-refractivity contribution in [3.63, 3.8) is 0 Å². The molecule has 0 radical (unpaired) electrons. The van der Waals surface area contributed by atoms with Gasteiger partial charge in [-0.1, -0.05) is 36.6 Å². The van der Waals surface area contributed by atoms with Gasteiger partial charge >= 0.3 is 0 Å². The molecule has 0 amide bonds. The third kappa shape index (κ3) is 1.88. The molecule has 0 aromatic rings. The van der Waals surface area contributed by atoms with Crippen molar-refractivity contribution in [3.05, 3.63) is 23.8 Å². The summed E-state index contributed by atoms with van der Waals surface area (Å²) in [4.78, 5) is 0. The molecule has 4 saturated carbocycles. The Labute approximate surface area is 159 Å². The summed E-state index contributed by atoms with van der Waals surface area (Å²) in [6, 6.07) is 0. The first kappa shape index (κ1) is 17.1. The molecule has 5 rings (SSSR count). The highest BCUT2D eigenvalue weighted by Gasteiger charge is 2.73. The van der Waals surface area contributed by atoms with Crippen LogP contribution in [0.25, 0.3) is 0 Å². The molecule has 0 bridgehead atoms. The second-order valence-corrected chi connectivity index (χ2v) is 10.1. The van der Waals surface area contributed by atoms with Gasteiger partial charge in [0.15, 0.2) is 0 Å². The minimum absolute atomic E-state index is 0.0238. The molecular formula is C25H34O. The van der Waals surface area contributed by atoms with Crippen molar-refractivity contribution in [2.75, 3.05) is 0 Å². The standard InChI is InChI=1S/C25H34O/c1-4-23(14-15-23)25(26)13-12-21-20-11-10-18-8-6-7-9-19(18)22(20)17(3)16-24(21,25)5-2/h1,8,19-22,26H,3,5-7,9-16H2,2H3/t19?,20?,21?,22?,24-,25+/m0/s1. The molecule has 0 aliphatic heterocycles. The Bertz CT molecular complexity index is 704. The van der Waals surface area contributed by atoms with E-state index in [4.69, 9.17) is 6.42 Å². The highest BCUT2D eigenvalue weighted by molar-refractivity contribution is 5.35. The monoisotopic (exact) mass is 350 g/mol. The van der Waals surface area contributed by atoms with E-state index in [1.54, 1.807) is 5.57 Å². The predicted octanol–water partition coefficient (Wildman–Crippen LogP) is 5.65. The number of hydrogen-bond acceptors (Lipinski definition) is 1. The first-order chi connectivity index (χ1) is 12.5. The fourth-order valence-electron chi connectivity index (χ4n) is 8.33. The van der Waals surface area contributed by atoms with Crippen LogP contribution in [0.15, 0.2) is 23.8 Å². The first-order valence-electron chi connectivity index (χ1n) is 11.1. The number of terminal acetylenes is 1. The zero-order valence-electron chi connectivity index (χ0n) is 16.4. The maximum absolute atomic E-state index is 12.1. The van der Waals surface area contributed by atoms with Gasteiger partial charge in [0.25, 0.3) is 0 Å². The Morgan fingerprint density at radius 3 is 2.77 bits per heavy atom. The molecule has 4 fully saturated rings. The highest BCUT2D eigenvalue weighted by Crippen LogP contribution is 2.74. The van der Waals surface area contributed by atoms with Crippen molar-refractivity contribution in [1.29, 1.82) is 0 Å². The molecule has 1 N–H and O–H groups in total. The number of hydrogen-bond donors (Lipinski definition) is 1. The van der Waals surface area contributed by atoms with E-state index in [0.717, 1.165) is 43.9 Å². The number of allylic oxidation sites excluding steroid dienone is 3. The maximum atomic E-state index is 12.1. The highest BCUT2D eigenvalue weighted by atomic mass is 16.3. The van der Waals surface area contributed by atoms with Crippen LogP contribution in [0, 0.1) is 46.8 Å². The van der Waals surface area contributed by atoms with Gasteiger partial charge in [0.05, 0.1) is 11.0 Å². The molecule has 5 aliphatic carbocycles. The van der Waals surface area contributed by atoms with Gasteiger partial charge in [0.2, 0.25) is 0 Å². The van der Waals surface area contributed by atoms with E-state index in [9.17, 15) is 5.11 Å². The van der Waals surface area contributed by atoms with E-state index in [2.05, 4.69) is 25.5 Å². The molecule has 0 spiro atoms. The fraction of sp³-hybridized carbons (Fsp3) is 0.760. The summed E-state index contributed by atoms with van der Waals surface area (Å²) in [5.74, 6) is 5.85. The molecule has 1 heteroatoms. The van der Waals surface area contributed by atoms with E-state index < -0.39 is 5.60 Å². The average molecular weight is 351 g/mol. The number of aliphatic hydroxyl groups is 1. The molecule has 1 nitrogen and oxygen atoms in total. The molecule has 26 heavy (non-hydrogen) atoms. The topological polar surface area (TPSA) is 20.2 Å². The van der Waals surface area contributed by atoms with Gasteiger partial charge in [0.1, 0.15) is 0 Å². The quantitative estimate of drug-likeness (QED) is 0.504. The summed E-state index contributed by atoms with van der Waals surface area (Å²) in [5.41, 5.74) is 2.25. The number of rotatable bonds is 2. The minimum Gasteiger partial charge on any atom is -0.388 e. The van der Waals surface area contributed by atoms with Crippen molar-refractivity contribution >= 4 is 0 Å². The first-order valence-corrected chi connectivity index (χ1v) is 11.1. The fourth-order valence-corrected chi connectivity index (χ4v) is 8.33. The Kier molecular flexibility index (Phi) is 3.63. The summed E-state index contributed by atoms with van der Waals surface area (Å²) < 4.78 is 0. The minimum atomic E-state index is -0.662. The normalized spacial score (nSPS) is 48.7. The van der Waals surface area contributed by atoms with E-state index in [1.165, 1.54) is 44.1 Å². The summed E-state index contributed by atoms with van der Waals surface area (Å²) in [6.45, 7) is 6.95. The summed E-state index contributed by atoms with van der Waals surface area (Å²) in [6.07, 6.45) is 21.3. The molecule has 6 atom stereocenters. The van der Waals surface area contributed by atoms with Crippen molar-refractivity contribution in [1.82, 2.24) is 0 Å². The van der Waals surface area contributed by atoms with Gasteiger partial charge < -0.3 is 5.11 Å². The van der Waals surface area contributed by atoms with Crippen LogP contribution in [-0.2, 0) is 0 Å². The van der Waals surface area contributed by atoms with E-state index in [1.807, 2.05) is 0 Å². The van der Waals surface area contributed by atoms with Crippen LogP contribution in [-0.4, -0.2) is 10.7 Å². The van der Waals surface area contributed by atoms with Crippen LogP contribution in [0.4, 0.5) is 0 Å². The number of fused-ring (bicyclic) bond motifs is 5. The van der Waals surface area contributed by atoms with Crippen molar-refractivity contribution in [3.8, 4) is 12.3 Å². The van der Waals surface area contributed by atoms with Gasteiger partial charge in [-0.15, -0.1) is 6.42 Å². The van der Waals surface area contributed by atoms with Crippen LogP contribution in [0.3, 0.4) is 0 Å². The Morgan fingerprint density at radius 1 is 1.27 bits per heavy atom. The van der Waals surface area contributed by atoms with Crippen LogP contribution < -0.4 is 0 Å². The summed E-state index contributed by atoms with van der Waals surface area (Å²) in [5, 5.41) is 12.1. The van der Waals surface area contributed by atoms with E-state index in [0.29, 0.717) is 11.8 Å². The molecular weight excluding hydrogens is 316 g/mol. The molecule has 4 unspecified atom stereocenters. The molecule has 5 aliphatic rings. The largest absolute Gasteiger partial charge is 0.388 e. The lowest BCUT2D eigenvalue weighted by Crippen LogP contribution is -2.58. The average Bonchev–Trinajstić information content (AvgIpc) is 3.42. The van der Waals surface area contributed by atoms with Gasteiger partial charge in [-0.3, -0.25) is 0 Å². The van der Waals surface area contributed by atoms with E-state index >= 15 is 0 Å². The van der Waals surface area contributed by atoms with Gasteiger partial charge in [-0.2, -0.15) is 0 Å². The second kappa shape index (κ2) is 5.51. The van der Waals surface area contributed by atoms with Crippen LogP contribution >= 0.6 is 0 Å². The maximum Gasteiger partial charge on any atom is 0.0874 e. The SMILES string of the molecule is C#CC1([C@]2(O)CCC3C4CCC5=CCCCC5C4C(=C)C[C@@]32CC)CC1. The van der Waals surface area contributed by atoms with Crippen molar-refractivity contribution < 1.29 is 5.11 Å². The summed E-state index contributed by atoms with van der Waals surface area (Å²) >= 11 is 0. The molecule has 0 saturated heterocycles. The smallest absolute Gasteiger partial charge is 0.0874 e. The van der Waals surface area contributed by atoms with Crippen LogP contribution in [0.5, 0.6) is 0 Å². The van der Waals surface area contributed by atoms with Crippen molar-refractivity contribution in [2.45, 2.75) is 83.2 Å². The second-order valence-electron chi connectivity index (χ2n) is 10.1. The molecule has 0 aromatic carbocycles. The molecule has 0 heterocycles. The van der Waals surface area contributed by atoms with E-state index in [-0.39, 0.29) is 10.8 Å². The lowest BCUT2D eigenvalue weighted by Gasteiger charge is -2.59. The molecule has 0 aromatic heterocycles. The third-order valence-corrected chi connectivity index (χ3v) is 9.59. The van der Waals surface area contributed by atoms with Gasteiger partial charge in [0, 0.05) is 5.41 Å². The lowest BCUT2D eigenvalue weighted by molar-refractivity contribution is -0.142. The Hall–Kier alpha value is -1.00. The zero-order valence-corrected chi connectivity index (χ0v) is 16.4. The Balaban J connectivity index is 1.56.